The van der Waals surface area contributed by atoms with Gasteiger partial charge in [0.2, 0.25) is 10.0 Å². The van der Waals surface area contributed by atoms with Crippen molar-refractivity contribution in [3.63, 3.8) is 0 Å². The third kappa shape index (κ3) is 4.00. The molecule has 10 heteroatoms. The Kier molecular flexibility index (Phi) is 5.67. The Bertz CT molecular complexity index is 1160. The Morgan fingerprint density at radius 3 is 2.39 bits per heavy atom. The number of aromatic amines is 2. The summed E-state index contributed by atoms with van der Waals surface area (Å²) in [6, 6.07) is 11.2. The number of aromatic nitrogens is 4. The highest BCUT2D eigenvalue weighted by Gasteiger charge is 2.34. The van der Waals surface area contributed by atoms with Crippen LogP contribution in [-0.2, 0) is 10.0 Å². The van der Waals surface area contributed by atoms with Crippen molar-refractivity contribution in [3.8, 4) is 0 Å². The third-order valence-electron chi connectivity index (χ3n) is 5.82. The van der Waals surface area contributed by atoms with Gasteiger partial charge in [-0.25, -0.2) is 8.42 Å². The van der Waals surface area contributed by atoms with E-state index < -0.39 is 10.0 Å². The molecule has 31 heavy (non-hydrogen) atoms. The summed E-state index contributed by atoms with van der Waals surface area (Å²) in [6.07, 6.45) is 1.30. The quantitative estimate of drug-likeness (QED) is 0.630. The molecular formula is C21H26N6O3S. The number of sulfonamides is 1. The number of nitrogens with zero attached hydrogens (tertiary/aromatic N) is 4. The van der Waals surface area contributed by atoms with E-state index in [-0.39, 0.29) is 16.7 Å². The first-order valence-corrected chi connectivity index (χ1v) is 11.6. The molecule has 3 heterocycles. The Hall–Kier alpha value is -2.98. The van der Waals surface area contributed by atoms with Gasteiger partial charge in [0.1, 0.15) is 4.90 Å². The van der Waals surface area contributed by atoms with Crippen molar-refractivity contribution in [2.24, 2.45) is 0 Å². The first kappa shape index (κ1) is 21.3. The van der Waals surface area contributed by atoms with Crippen molar-refractivity contribution in [2.75, 3.05) is 25.0 Å². The predicted molar refractivity (Wildman–Crippen MR) is 117 cm³/mol. The number of nitrogens with one attached hydrogen (secondary N) is 2. The molecule has 0 radical (unpaired) electrons. The molecule has 1 amide bonds. The maximum Gasteiger partial charge on any atom is 0.278 e. The standard InChI is InChI=1S/C21H26N6O3S/c1-14-20(15(2)23-22-14)31(29,30)27-11-9-16(10-12-27)18-13-19(25-24-18)21(28)26(3)17-7-5-4-6-8-17/h4-8,13,16H,9-12H2,1-3H3,(H,22,23)(H,24,25). The summed E-state index contributed by atoms with van der Waals surface area (Å²) in [5.74, 6) is -0.0753. The highest BCUT2D eigenvalue weighted by molar-refractivity contribution is 7.89. The summed E-state index contributed by atoms with van der Waals surface area (Å²) in [4.78, 5) is 14.6. The number of amides is 1. The molecule has 0 aliphatic carbocycles. The van der Waals surface area contributed by atoms with Crippen LogP contribution in [0.3, 0.4) is 0 Å². The molecule has 9 nitrogen and oxygen atoms in total. The molecule has 0 bridgehead atoms. The second kappa shape index (κ2) is 8.27. The molecule has 2 aromatic heterocycles. The molecule has 1 saturated heterocycles. The number of rotatable bonds is 5. The molecule has 0 spiro atoms. The lowest BCUT2D eigenvalue weighted by atomic mass is 9.94. The fraction of sp³-hybridized carbons (Fsp3) is 0.381. The molecular weight excluding hydrogens is 416 g/mol. The fourth-order valence-electron chi connectivity index (χ4n) is 4.05. The van der Waals surface area contributed by atoms with Crippen molar-refractivity contribution >= 4 is 21.6 Å². The summed E-state index contributed by atoms with van der Waals surface area (Å²) in [7, 11) is -1.87. The van der Waals surface area contributed by atoms with Crippen LogP contribution in [0.25, 0.3) is 0 Å². The number of carbonyl (C=O) groups excluding carboxylic acids is 1. The van der Waals surface area contributed by atoms with E-state index >= 15 is 0 Å². The van der Waals surface area contributed by atoms with Gasteiger partial charge < -0.3 is 4.90 Å². The largest absolute Gasteiger partial charge is 0.310 e. The molecule has 0 saturated carbocycles. The van der Waals surface area contributed by atoms with E-state index in [9.17, 15) is 13.2 Å². The minimum atomic E-state index is -3.58. The van der Waals surface area contributed by atoms with Crippen LogP contribution in [0.5, 0.6) is 0 Å². The zero-order valence-corrected chi connectivity index (χ0v) is 18.6. The summed E-state index contributed by atoms with van der Waals surface area (Å²) in [5.41, 5.74) is 3.04. The average Bonchev–Trinajstić information content (AvgIpc) is 3.40. The molecule has 0 unspecified atom stereocenters. The van der Waals surface area contributed by atoms with E-state index in [1.165, 1.54) is 4.31 Å². The number of anilines is 1. The van der Waals surface area contributed by atoms with E-state index in [0.29, 0.717) is 43.0 Å². The van der Waals surface area contributed by atoms with Gasteiger partial charge >= 0.3 is 0 Å². The number of H-pyrrole nitrogens is 2. The summed E-state index contributed by atoms with van der Waals surface area (Å²) >= 11 is 0. The van der Waals surface area contributed by atoms with E-state index in [4.69, 9.17) is 0 Å². The molecule has 1 fully saturated rings. The number of hydrogen-bond acceptors (Lipinski definition) is 5. The van der Waals surface area contributed by atoms with Crippen molar-refractivity contribution in [2.45, 2.75) is 37.5 Å². The maximum absolute atomic E-state index is 13.0. The maximum atomic E-state index is 13.0. The first-order chi connectivity index (χ1) is 14.8. The Labute approximate surface area is 181 Å². The van der Waals surface area contributed by atoms with Gasteiger partial charge in [-0.05, 0) is 44.9 Å². The molecule has 1 aliphatic heterocycles. The summed E-state index contributed by atoms with van der Waals surface area (Å²) in [5, 5.41) is 14.0. The lowest BCUT2D eigenvalue weighted by Crippen LogP contribution is -2.38. The molecule has 2 N–H and O–H groups in total. The van der Waals surface area contributed by atoms with Crippen LogP contribution < -0.4 is 4.90 Å². The van der Waals surface area contributed by atoms with Crippen LogP contribution in [0.15, 0.2) is 41.3 Å². The monoisotopic (exact) mass is 442 g/mol. The zero-order chi connectivity index (χ0) is 22.2. The normalized spacial score (nSPS) is 15.8. The SMILES string of the molecule is Cc1n[nH]c(C)c1S(=O)(=O)N1CCC(c2cc(C(=O)N(C)c3ccccc3)n[nH]2)CC1. The van der Waals surface area contributed by atoms with Crippen molar-refractivity contribution in [1.29, 1.82) is 0 Å². The Morgan fingerprint density at radius 1 is 1.10 bits per heavy atom. The van der Waals surface area contributed by atoms with Crippen molar-refractivity contribution in [1.82, 2.24) is 24.7 Å². The smallest absolute Gasteiger partial charge is 0.278 e. The van der Waals surface area contributed by atoms with E-state index in [2.05, 4.69) is 20.4 Å². The van der Waals surface area contributed by atoms with Gasteiger partial charge in [-0.2, -0.15) is 14.5 Å². The summed E-state index contributed by atoms with van der Waals surface area (Å²) in [6.45, 7) is 4.22. The predicted octanol–water partition coefficient (Wildman–Crippen LogP) is 2.59. The van der Waals surface area contributed by atoms with Gasteiger partial charge in [0, 0.05) is 37.4 Å². The lowest BCUT2D eigenvalue weighted by molar-refractivity contribution is 0.0988. The van der Waals surface area contributed by atoms with Crippen LogP contribution in [0.4, 0.5) is 5.69 Å². The Balaban J connectivity index is 1.43. The number of aryl methyl sites for hydroxylation is 2. The number of benzene rings is 1. The van der Waals surface area contributed by atoms with Crippen molar-refractivity contribution in [3.05, 3.63) is 59.2 Å². The second-order valence-electron chi connectivity index (χ2n) is 7.85. The third-order valence-corrected chi connectivity index (χ3v) is 7.98. The molecule has 164 valence electrons. The summed E-state index contributed by atoms with van der Waals surface area (Å²) < 4.78 is 27.6. The van der Waals surface area contributed by atoms with Crippen LogP contribution in [0, 0.1) is 13.8 Å². The van der Waals surface area contributed by atoms with Gasteiger partial charge in [-0.3, -0.25) is 15.0 Å². The number of piperidine rings is 1. The minimum absolute atomic E-state index is 0.120. The molecule has 1 aromatic carbocycles. The van der Waals surface area contributed by atoms with Crippen LogP contribution in [-0.4, -0.2) is 59.2 Å². The highest BCUT2D eigenvalue weighted by atomic mass is 32.2. The van der Waals surface area contributed by atoms with Crippen molar-refractivity contribution < 1.29 is 13.2 Å². The van der Waals surface area contributed by atoms with Crippen LogP contribution >= 0.6 is 0 Å². The number of para-hydroxylation sites is 1. The lowest BCUT2D eigenvalue weighted by Gasteiger charge is -2.30. The molecule has 1 aliphatic rings. The van der Waals surface area contributed by atoms with Gasteiger partial charge in [0.15, 0.2) is 5.69 Å². The topological polar surface area (TPSA) is 115 Å². The second-order valence-corrected chi connectivity index (χ2v) is 9.72. The average molecular weight is 443 g/mol. The Morgan fingerprint density at radius 2 is 1.77 bits per heavy atom. The highest BCUT2D eigenvalue weighted by Crippen LogP contribution is 2.31. The number of carbonyl (C=O) groups is 1. The van der Waals surface area contributed by atoms with E-state index in [1.54, 1.807) is 31.9 Å². The molecule has 3 aromatic rings. The van der Waals surface area contributed by atoms with Gasteiger partial charge in [-0.15, -0.1) is 0 Å². The van der Waals surface area contributed by atoms with E-state index in [1.807, 2.05) is 30.3 Å². The first-order valence-electron chi connectivity index (χ1n) is 10.2. The molecule has 0 atom stereocenters. The molecule has 4 rings (SSSR count). The zero-order valence-electron chi connectivity index (χ0n) is 17.8. The number of hydrogen-bond donors (Lipinski definition) is 2. The fourth-order valence-corrected chi connectivity index (χ4v) is 5.85. The van der Waals surface area contributed by atoms with Gasteiger partial charge in [0.25, 0.3) is 5.91 Å². The van der Waals surface area contributed by atoms with Crippen LogP contribution in [0.1, 0.15) is 46.3 Å². The van der Waals surface area contributed by atoms with Gasteiger partial charge in [-0.1, -0.05) is 18.2 Å². The van der Waals surface area contributed by atoms with E-state index in [0.717, 1.165) is 11.4 Å². The van der Waals surface area contributed by atoms with Gasteiger partial charge in [0.05, 0.1) is 11.4 Å². The van der Waals surface area contributed by atoms with Crippen LogP contribution in [0.2, 0.25) is 0 Å². The minimum Gasteiger partial charge on any atom is -0.310 e.